The minimum absolute atomic E-state index is 0.138. The average molecular weight is 517 g/mol. The normalized spacial score (nSPS) is 18.5. The number of aromatic nitrogens is 2. The third-order valence-corrected chi connectivity index (χ3v) is 8.29. The lowest BCUT2D eigenvalue weighted by atomic mass is 10.0. The molecule has 0 bridgehead atoms. The molecule has 2 saturated heterocycles. The first kappa shape index (κ1) is 24.2. The molecule has 192 valence electrons. The molecule has 6 rings (SSSR count). The molecule has 0 saturated carbocycles. The van der Waals surface area contributed by atoms with E-state index in [1.54, 1.807) is 6.20 Å². The lowest BCUT2D eigenvalue weighted by Gasteiger charge is -2.36. The lowest BCUT2D eigenvalue weighted by Crippen LogP contribution is -2.45. The van der Waals surface area contributed by atoms with Crippen LogP contribution in [0, 0.1) is 0 Å². The van der Waals surface area contributed by atoms with Crippen LogP contribution < -0.4 is 10.2 Å². The van der Waals surface area contributed by atoms with Gasteiger partial charge in [0.15, 0.2) is 0 Å². The first-order chi connectivity index (χ1) is 18.2. The van der Waals surface area contributed by atoms with Gasteiger partial charge in [0.25, 0.3) is 5.91 Å². The number of nitrogens with one attached hydrogen (secondary N) is 1. The van der Waals surface area contributed by atoms with Crippen LogP contribution in [-0.2, 0) is 6.54 Å². The Bertz CT molecular complexity index is 1250. The summed E-state index contributed by atoms with van der Waals surface area (Å²) in [7, 11) is 0. The number of rotatable bonds is 5. The number of hydrogen-bond acceptors (Lipinski definition) is 6. The molecular weight excluding hydrogens is 484 g/mol. The van der Waals surface area contributed by atoms with Gasteiger partial charge in [-0.3, -0.25) is 4.79 Å². The quantitative estimate of drug-likeness (QED) is 0.485. The molecule has 1 aromatic carbocycles. The van der Waals surface area contributed by atoms with Gasteiger partial charge in [-0.1, -0.05) is 29.8 Å². The highest BCUT2D eigenvalue weighted by molar-refractivity contribution is 6.30. The van der Waals surface area contributed by atoms with Crippen LogP contribution in [0.15, 0.2) is 54.9 Å². The summed E-state index contributed by atoms with van der Waals surface area (Å²) in [6, 6.07) is 14.7. The predicted octanol–water partition coefficient (Wildman–Crippen LogP) is 4.93. The minimum atomic E-state index is 0.138. The molecule has 0 atom stereocenters. The fraction of sp³-hybridized carbons (Fsp3) is 0.414. The van der Waals surface area contributed by atoms with Crippen LogP contribution in [0.4, 0.5) is 11.5 Å². The maximum absolute atomic E-state index is 13.2. The molecule has 3 aliphatic heterocycles. The van der Waals surface area contributed by atoms with Gasteiger partial charge in [-0.05, 0) is 68.6 Å². The number of benzene rings is 1. The molecule has 8 heteroatoms. The highest BCUT2D eigenvalue weighted by Gasteiger charge is 2.28. The standard InChI is InChI=1S/C29H33ClN6O/c30-27-23(4-3-11-31-27)20-36-17-12-32-28-26(36)18-24(19-33-28)21-5-7-22(8-6-21)29(37)35-15-9-25(10-16-35)34-13-1-2-14-34/h3-8,11,18-19,25H,1-2,9-10,12-17,20H2,(H,32,33). The molecule has 0 aliphatic carbocycles. The van der Waals surface area contributed by atoms with E-state index >= 15 is 0 Å². The molecule has 3 aromatic rings. The van der Waals surface area contributed by atoms with Crippen molar-refractivity contribution in [3.63, 3.8) is 0 Å². The van der Waals surface area contributed by atoms with Crippen molar-refractivity contribution in [3.8, 4) is 11.1 Å². The third kappa shape index (κ3) is 5.15. The Labute approximate surface area is 223 Å². The molecule has 2 fully saturated rings. The smallest absolute Gasteiger partial charge is 0.253 e. The Balaban J connectivity index is 1.15. The van der Waals surface area contributed by atoms with Gasteiger partial charge in [0.2, 0.25) is 0 Å². The van der Waals surface area contributed by atoms with Gasteiger partial charge in [0, 0.05) is 67.8 Å². The Morgan fingerprint density at radius 1 is 0.973 bits per heavy atom. The number of pyridine rings is 2. The molecule has 2 aromatic heterocycles. The van der Waals surface area contributed by atoms with Crippen molar-refractivity contribution in [2.75, 3.05) is 49.5 Å². The third-order valence-electron chi connectivity index (χ3n) is 7.95. The lowest BCUT2D eigenvalue weighted by molar-refractivity contribution is 0.0644. The number of piperidine rings is 1. The first-order valence-electron chi connectivity index (χ1n) is 13.4. The van der Waals surface area contributed by atoms with Crippen molar-refractivity contribution in [3.05, 3.63) is 71.1 Å². The van der Waals surface area contributed by atoms with Crippen LogP contribution in [0.3, 0.4) is 0 Å². The van der Waals surface area contributed by atoms with Gasteiger partial charge in [0.1, 0.15) is 11.0 Å². The summed E-state index contributed by atoms with van der Waals surface area (Å²) >= 11 is 6.33. The monoisotopic (exact) mass is 516 g/mol. The van der Waals surface area contributed by atoms with Crippen LogP contribution in [-0.4, -0.2) is 71.0 Å². The number of likely N-dealkylation sites (tertiary alicyclic amines) is 2. The van der Waals surface area contributed by atoms with Gasteiger partial charge in [-0.2, -0.15) is 0 Å². The Morgan fingerprint density at radius 3 is 2.51 bits per heavy atom. The number of anilines is 2. The molecule has 3 aliphatic rings. The number of amides is 1. The molecule has 1 N–H and O–H groups in total. The minimum Gasteiger partial charge on any atom is -0.367 e. The van der Waals surface area contributed by atoms with E-state index < -0.39 is 0 Å². The molecule has 37 heavy (non-hydrogen) atoms. The fourth-order valence-electron chi connectivity index (χ4n) is 5.85. The van der Waals surface area contributed by atoms with E-state index in [0.717, 1.165) is 72.8 Å². The van der Waals surface area contributed by atoms with E-state index in [9.17, 15) is 4.79 Å². The summed E-state index contributed by atoms with van der Waals surface area (Å²) in [5.74, 6) is 1.01. The van der Waals surface area contributed by atoms with E-state index in [-0.39, 0.29) is 5.91 Å². The van der Waals surface area contributed by atoms with Crippen LogP contribution >= 0.6 is 11.6 Å². The summed E-state index contributed by atoms with van der Waals surface area (Å²) in [6.07, 6.45) is 8.41. The van der Waals surface area contributed by atoms with Gasteiger partial charge >= 0.3 is 0 Å². The zero-order valence-corrected chi connectivity index (χ0v) is 21.8. The second-order valence-corrected chi connectivity index (χ2v) is 10.6. The van der Waals surface area contributed by atoms with Crippen molar-refractivity contribution >= 4 is 29.0 Å². The highest BCUT2D eigenvalue weighted by atomic mass is 35.5. The molecule has 0 spiro atoms. The highest BCUT2D eigenvalue weighted by Crippen LogP contribution is 2.33. The predicted molar refractivity (Wildman–Crippen MR) is 148 cm³/mol. The molecule has 7 nitrogen and oxygen atoms in total. The average Bonchev–Trinajstić information content (AvgIpc) is 3.49. The summed E-state index contributed by atoms with van der Waals surface area (Å²) in [5.41, 5.74) is 4.86. The number of carbonyl (C=O) groups is 1. The van der Waals surface area contributed by atoms with Crippen molar-refractivity contribution in [1.29, 1.82) is 0 Å². The number of carbonyl (C=O) groups excluding carboxylic acids is 1. The van der Waals surface area contributed by atoms with Crippen molar-refractivity contribution < 1.29 is 4.79 Å². The van der Waals surface area contributed by atoms with Crippen LogP contribution in [0.2, 0.25) is 5.15 Å². The topological polar surface area (TPSA) is 64.6 Å². The van der Waals surface area contributed by atoms with E-state index in [0.29, 0.717) is 17.7 Å². The van der Waals surface area contributed by atoms with Crippen LogP contribution in [0.1, 0.15) is 41.6 Å². The molecule has 0 unspecified atom stereocenters. The molecule has 5 heterocycles. The number of halogens is 1. The summed E-state index contributed by atoms with van der Waals surface area (Å²) in [4.78, 5) is 29.0. The van der Waals surface area contributed by atoms with E-state index in [1.807, 2.05) is 47.5 Å². The number of hydrogen-bond donors (Lipinski definition) is 1. The largest absolute Gasteiger partial charge is 0.367 e. The molecule has 0 radical (unpaired) electrons. The molecule has 1 amide bonds. The maximum atomic E-state index is 13.2. The Kier molecular flexibility index (Phi) is 6.98. The van der Waals surface area contributed by atoms with Crippen LogP contribution in [0.25, 0.3) is 11.1 Å². The Morgan fingerprint density at radius 2 is 1.76 bits per heavy atom. The first-order valence-corrected chi connectivity index (χ1v) is 13.8. The second kappa shape index (κ2) is 10.7. The fourth-order valence-corrected chi connectivity index (χ4v) is 6.03. The summed E-state index contributed by atoms with van der Waals surface area (Å²) < 4.78 is 0. The maximum Gasteiger partial charge on any atom is 0.253 e. The SMILES string of the molecule is O=C(c1ccc(-c2cnc3c(c2)N(Cc2cccnc2Cl)CCN3)cc1)N1CCC(N2CCCC2)CC1. The zero-order valence-electron chi connectivity index (χ0n) is 21.1. The van der Waals surface area contributed by atoms with E-state index in [1.165, 1.54) is 25.9 Å². The van der Waals surface area contributed by atoms with Gasteiger partial charge in [-0.15, -0.1) is 0 Å². The molecular formula is C29H33ClN6O. The number of nitrogens with zero attached hydrogens (tertiary/aromatic N) is 5. The Hall–Kier alpha value is -3.16. The zero-order chi connectivity index (χ0) is 25.2. The van der Waals surface area contributed by atoms with Gasteiger partial charge in [-0.25, -0.2) is 9.97 Å². The van der Waals surface area contributed by atoms with Crippen molar-refractivity contribution in [2.24, 2.45) is 0 Å². The number of fused-ring (bicyclic) bond motifs is 1. The van der Waals surface area contributed by atoms with Gasteiger partial charge < -0.3 is 20.0 Å². The van der Waals surface area contributed by atoms with E-state index in [2.05, 4.69) is 26.2 Å². The second-order valence-electron chi connectivity index (χ2n) is 10.2. The van der Waals surface area contributed by atoms with Gasteiger partial charge in [0.05, 0.1) is 5.69 Å². The van der Waals surface area contributed by atoms with E-state index in [4.69, 9.17) is 16.6 Å². The van der Waals surface area contributed by atoms with Crippen molar-refractivity contribution in [1.82, 2.24) is 19.8 Å². The van der Waals surface area contributed by atoms with Crippen LogP contribution in [0.5, 0.6) is 0 Å². The summed E-state index contributed by atoms with van der Waals surface area (Å²) in [6.45, 7) is 6.49. The summed E-state index contributed by atoms with van der Waals surface area (Å²) in [5, 5.41) is 3.93. The van der Waals surface area contributed by atoms with Crippen molar-refractivity contribution in [2.45, 2.75) is 38.3 Å².